The Balaban J connectivity index is 1.71. The van der Waals surface area contributed by atoms with Gasteiger partial charge in [-0.1, -0.05) is 63.3 Å². The standard InChI is InChI=1S/C30H39N3O5/c1-6-29-14-10-17-32(21-12-8-7-9-13-21)26(35)23(29)24-27(36)33(22(18-34)19(2)3)25-28(37)31(20(4)5)16-11-15-30(24,25)38-29/h7-15,19-20,22-25,34H,6,16-18H2,1-5H3/t22-,23-,24-,25?,29+,30-/m0/s1. The van der Waals surface area contributed by atoms with Crippen molar-refractivity contribution >= 4 is 23.4 Å². The van der Waals surface area contributed by atoms with Crippen LogP contribution in [-0.4, -0.2) is 81.7 Å². The number of anilines is 1. The van der Waals surface area contributed by atoms with Gasteiger partial charge in [-0.3, -0.25) is 14.4 Å². The molecule has 1 aromatic carbocycles. The summed E-state index contributed by atoms with van der Waals surface area (Å²) in [6, 6.07) is 7.80. The minimum absolute atomic E-state index is 0.0907. The number of fused-ring (bicyclic) bond motifs is 2. The summed E-state index contributed by atoms with van der Waals surface area (Å²) in [6.07, 6.45) is 8.13. The number of carbonyl (C=O) groups is 3. The average molecular weight is 522 g/mol. The summed E-state index contributed by atoms with van der Waals surface area (Å²) >= 11 is 0. The Hall–Kier alpha value is -2.97. The highest BCUT2D eigenvalue weighted by atomic mass is 16.5. The summed E-state index contributed by atoms with van der Waals surface area (Å²) in [5.74, 6) is -2.51. The van der Waals surface area contributed by atoms with Crippen LogP contribution in [0.3, 0.4) is 0 Å². The van der Waals surface area contributed by atoms with E-state index in [1.165, 1.54) is 0 Å². The maximum absolute atomic E-state index is 14.5. The molecule has 0 aliphatic carbocycles. The Morgan fingerprint density at radius 2 is 1.63 bits per heavy atom. The van der Waals surface area contributed by atoms with Gasteiger partial charge in [0.2, 0.25) is 17.7 Å². The Morgan fingerprint density at radius 1 is 0.947 bits per heavy atom. The van der Waals surface area contributed by atoms with E-state index in [0.717, 1.165) is 5.69 Å². The van der Waals surface area contributed by atoms with Gasteiger partial charge in [0.1, 0.15) is 11.6 Å². The van der Waals surface area contributed by atoms with Crippen LogP contribution in [0.4, 0.5) is 5.69 Å². The number of hydrogen-bond donors (Lipinski definition) is 1. The molecule has 2 saturated heterocycles. The van der Waals surface area contributed by atoms with Gasteiger partial charge in [0, 0.05) is 24.8 Å². The molecule has 4 aliphatic heterocycles. The van der Waals surface area contributed by atoms with Crippen molar-refractivity contribution in [3.63, 3.8) is 0 Å². The maximum Gasteiger partial charge on any atom is 0.249 e. The fourth-order valence-corrected chi connectivity index (χ4v) is 7.00. The molecule has 1 N–H and O–H groups in total. The molecule has 4 aliphatic rings. The first-order valence-corrected chi connectivity index (χ1v) is 13.8. The van der Waals surface area contributed by atoms with E-state index in [1.54, 1.807) is 14.7 Å². The third-order valence-electron chi connectivity index (χ3n) is 8.91. The summed E-state index contributed by atoms with van der Waals surface area (Å²) in [7, 11) is 0. The third kappa shape index (κ3) is 3.67. The lowest BCUT2D eigenvalue weighted by Crippen LogP contribution is -2.60. The molecule has 0 bridgehead atoms. The molecule has 38 heavy (non-hydrogen) atoms. The zero-order valence-corrected chi connectivity index (χ0v) is 22.9. The lowest BCUT2D eigenvalue weighted by molar-refractivity contribution is -0.157. The van der Waals surface area contributed by atoms with Crippen molar-refractivity contribution in [1.82, 2.24) is 9.80 Å². The van der Waals surface area contributed by atoms with E-state index in [1.807, 2.05) is 89.3 Å². The van der Waals surface area contributed by atoms with E-state index >= 15 is 0 Å². The van der Waals surface area contributed by atoms with Crippen LogP contribution in [0, 0.1) is 17.8 Å². The maximum atomic E-state index is 14.5. The van der Waals surface area contributed by atoms with Gasteiger partial charge in [-0.05, 0) is 38.3 Å². The molecule has 6 atom stereocenters. The zero-order valence-electron chi connectivity index (χ0n) is 22.9. The Labute approximate surface area is 224 Å². The predicted octanol–water partition coefficient (Wildman–Crippen LogP) is 2.77. The Kier molecular flexibility index (Phi) is 6.76. The molecule has 8 nitrogen and oxygen atoms in total. The molecule has 3 amide bonds. The fraction of sp³-hybridized carbons (Fsp3) is 0.567. The second-order valence-corrected chi connectivity index (χ2v) is 11.5. The quantitative estimate of drug-likeness (QED) is 0.582. The van der Waals surface area contributed by atoms with Crippen LogP contribution < -0.4 is 4.90 Å². The Bertz CT molecular complexity index is 1160. The molecule has 1 spiro atoms. The van der Waals surface area contributed by atoms with Gasteiger partial charge in [0.15, 0.2) is 0 Å². The number of hydrogen-bond acceptors (Lipinski definition) is 5. The number of benzene rings is 1. The van der Waals surface area contributed by atoms with Crippen molar-refractivity contribution in [3.05, 3.63) is 54.6 Å². The van der Waals surface area contributed by atoms with Gasteiger partial charge in [0.05, 0.1) is 30.1 Å². The van der Waals surface area contributed by atoms with Gasteiger partial charge in [-0.15, -0.1) is 0 Å². The van der Waals surface area contributed by atoms with Crippen molar-refractivity contribution in [2.45, 2.75) is 70.4 Å². The molecule has 0 aromatic heterocycles. The van der Waals surface area contributed by atoms with E-state index in [-0.39, 0.29) is 36.3 Å². The number of nitrogens with zero attached hydrogens (tertiary/aromatic N) is 3. The van der Waals surface area contributed by atoms with Gasteiger partial charge < -0.3 is 24.5 Å². The second-order valence-electron chi connectivity index (χ2n) is 11.5. The van der Waals surface area contributed by atoms with Crippen LogP contribution in [0.25, 0.3) is 0 Å². The van der Waals surface area contributed by atoms with E-state index in [2.05, 4.69) is 0 Å². The number of rotatable bonds is 6. The molecule has 8 heteroatoms. The first kappa shape index (κ1) is 26.6. The third-order valence-corrected chi connectivity index (χ3v) is 8.91. The molecule has 5 rings (SSSR count). The molecule has 0 saturated carbocycles. The van der Waals surface area contributed by atoms with E-state index in [4.69, 9.17) is 4.74 Å². The number of ether oxygens (including phenoxy) is 1. The normalized spacial score (nSPS) is 33.5. The molecular formula is C30H39N3O5. The lowest BCUT2D eigenvalue weighted by Gasteiger charge is -2.42. The monoisotopic (exact) mass is 521 g/mol. The van der Waals surface area contributed by atoms with Gasteiger partial charge in [0.25, 0.3) is 0 Å². The van der Waals surface area contributed by atoms with Crippen LogP contribution in [0.1, 0.15) is 41.0 Å². The number of carbonyl (C=O) groups excluding carboxylic acids is 3. The molecule has 1 unspecified atom stereocenters. The van der Waals surface area contributed by atoms with Gasteiger partial charge in [-0.2, -0.15) is 0 Å². The summed E-state index contributed by atoms with van der Waals surface area (Å²) in [5.41, 5.74) is -1.60. The topological polar surface area (TPSA) is 90.4 Å². The number of aliphatic hydroxyl groups is 1. The summed E-state index contributed by atoms with van der Waals surface area (Å²) in [4.78, 5) is 48.2. The second kappa shape index (κ2) is 9.65. The van der Waals surface area contributed by atoms with E-state index in [0.29, 0.717) is 19.5 Å². The SMILES string of the molecule is CC[C@@]12C=CCN(c3ccccc3)C(=O)[C@@H]1[C@H]1C(=O)N([C@@H](CO)C(C)C)C3C(=O)N(C(C)C)CC=C[C@@]31O2. The molecule has 0 radical (unpaired) electrons. The van der Waals surface area contributed by atoms with E-state index < -0.39 is 35.1 Å². The fourth-order valence-electron chi connectivity index (χ4n) is 7.00. The molecule has 204 valence electrons. The van der Waals surface area contributed by atoms with Crippen molar-refractivity contribution in [3.8, 4) is 0 Å². The predicted molar refractivity (Wildman–Crippen MR) is 144 cm³/mol. The van der Waals surface area contributed by atoms with Crippen LogP contribution in [0.15, 0.2) is 54.6 Å². The van der Waals surface area contributed by atoms with Crippen LogP contribution in [0.5, 0.6) is 0 Å². The number of amides is 3. The van der Waals surface area contributed by atoms with E-state index in [9.17, 15) is 19.5 Å². The number of likely N-dealkylation sites (tertiary alicyclic amines) is 1. The first-order chi connectivity index (χ1) is 18.1. The Morgan fingerprint density at radius 3 is 2.24 bits per heavy atom. The highest BCUT2D eigenvalue weighted by Gasteiger charge is 2.76. The van der Waals surface area contributed by atoms with Crippen LogP contribution in [0.2, 0.25) is 0 Å². The summed E-state index contributed by atoms with van der Waals surface area (Å²) in [5, 5.41) is 10.4. The molecule has 2 fully saturated rings. The molecular weight excluding hydrogens is 482 g/mol. The summed E-state index contributed by atoms with van der Waals surface area (Å²) < 4.78 is 6.99. The van der Waals surface area contributed by atoms with Gasteiger partial charge in [-0.25, -0.2) is 0 Å². The minimum Gasteiger partial charge on any atom is -0.394 e. The van der Waals surface area contributed by atoms with Crippen molar-refractivity contribution < 1.29 is 24.2 Å². The van der Waals surface area contributed by atoms with Crippen molar-refractivity contribution in [2.24, 2.45) is 17.8 Å². The first-order valence-electron chi connectivity index (χ1n) is 13.8. The highest BCUT2D eigenvalue weighted by molar-refractivity contribution is 6.04. The lowest BCUT2D eigenvalue weighted by atomic mass is 9.73. The zero-order chi connectivity index (χ0) is 27.4. The largest absolute Gasteiger partial charge is 0.394 e. The van der Waals surface area contributed by atoms with Crippen molar-refractivity contribution in [1.29, 1.82) is 0 Å². The minimum atomic E-state index is -1.32. The molecule has 4 heterocycles. The highest BCUT2D eigenvalue weighted by Crippen LogP contribution is 2.59. The molecule has 1 aromatic rings. The van der Waals surface area contributed by atoms with Crippen LogP contribution >= 0.6 is 0 Å². The average Bonchev–Trinajstić information content (AvgIpc) is 3.17. The summed E-state index contributed by atoms with van der Waals surface area (Å²) in [6.45, 7) is 10.2. The van der Waals surface area contributed by atoms with Gasteiger partial charge >= 0.3 is 0 Å². The van der Waals surface area contributed by atoms with Crippen molar-refractivity contribution in [2.75, 3.05) is 24.6 Å². The number of para-hydroxylation sites is 1. The van der Waals surface area contributed by atoms with Crippen LogP contribution in [-0.2, 0) is 19.1 Å². The smallest absolute Gasteiger partial charge is 0.249 e. The number of aliphatic hydroxyl groups excluding tert-OH is 1.